The Morgan fingerprint density at radius 1 is 1.19 bits per heavy atom. The summed E-state index contributed by atoms with van der Waals surface area (Å²) in [5, 5.41) is 2.98. The number of hydrogen-bond donors (Lipinski definition) is 2. The van der Waals surface area contributed by atoms with Crippen molar-refractivity contribution in [1.82, 2.24) is 10.2 Å². The minimum atomic E-state index is 0.112. The van der Waals surface area contributed by atoms with Gasteiger partial charge < -0.3 is 16.0 Å². The van der Waals surface area contributed by atoms with Gasteiger partial charge in [-0.05, 0) is 50.5 Å². The molecule has 0 aliphatic carbocycles. The predicted octanol–water partition coefficient (Wildman–Crippen LogP) is 2.44. The van der Waals surface area contributed by atoms with Crippen LogP contribution in [0.4, 0.5) is 5.69 Å². The number of nitrogen functional groups attached to an aromatic ring is 1. The summed E-state index contributed by atoms with van der Waals surface area (Å²) >= 11 is 0. The van der Waals surface area contributed by atoms with Crippen LogP contribution in [-0.2, 0) is 11.2 Å². The molecule has 0 unspecified atom stereocenters. The van der Waals surface area contributed by atoms with E-state index in [-0.39, 0.29) is 5.91 Å². The zero-order valence-corrected chi connectivity index (χ0v) is 13.4. The Kier molecular flexibility index (Phi) is 8.51. The molecule has 0 fully saturated rings. The zero-order chi connectivity index (χ0) is 15.5. The zero-order valence-electron chi connectivity index (χ0n) is 13.4. The van der Waals surface area contributed by atoms with E-state index in [4.69, 9.17) is 5.73 Å². The van der Waals surface area contributed by atoms with E-state index in [0.717, 1.165) is 50.3 Å². The van der Waals surface area contributed by atoms with Crippen LogP contribution in [0.5, 0.6) is 0 Å². The number of rotatable bonds is 10. The molecule has 0 spiro atoms. The highest BCUT2D eigenvalue weighted by Gasteiger charge is 2.04. The molecule has 4 heteroatoms. The molecule has 0 aliphatic rings. The molecule has 0 bridgehead atoms. The SMILES string of the molecule is CCN(CC)CCCCNC(=O)CCc1ccccc1N. The van der Waals surface area contributed by atoms with Crippen molar-refractivity contribution in [2.75, 3.05) is 31.9 Å². The lowest BCUT2D eigenvalue weighted by molar-refractivity contribution is -0.121. The molecule has 1 aromatic rings. The van der Waals surface area contributed by atoms with Gasteiger partial charge in [0.15, 0.2) is 0 Å². The van der Waals surface area contributed by atoms with Gasteiger partial charge in [-0.1, -0.05) is 32.0 Å². The minimum Gasteiger partial charge on any atom is -0.399 e. The Bertz CT molecular complexity index is 416. The van der Waals surface area contributed by atoms with Gasteiger partial charge in [-0.25, -0.2) is 0 Å². The first kappa shape index (κ1) is 17.5. The smallest absolute Gasteiger partial charge is 0.220 e. The number of carbonyl (C=O) groups excluding carboxylic acids is 1. The number of carbonyl (C=O) groups is 1. The number of benzene rings is 1. The van der Waals surface area contributed by atoms with Crippen molar-refractivity contribution in [2.45, 2.75) is 39.5 Å². The molecular formula is C17H29N3O. The molecule has 0 aromatic heterocycles. The molecule has 0 aliphatic heterocycles. The van der Waals surface area contributed by atoms with Crippen molar-refractivity contribution >= 4 is 11.6 Å². The van der Waals surface area contributed by atoms with Crippen molar-refractivity contribution in [3.63, 3.8) is 0 Å². The average Bonchev–Trinajstić information content (AvgIpc) is 2.50. The van der Waals surface area contributed by atoms with Crippen molar-refractivity contribution in [1.29, 1.82) is 0 Å². The summed E-state index contributed by atoms with van der Waals surface area (Å²) in [6, 6.07) is 7.72. The molecule has 1 aromatic carbocycles. The van der Waals surface area contributed by atoms with Gasteiger partial charge in [0.25, 0.3) is 0 Å². The van der Waals surface area contributed by atoms with Crippen LogP contribution >= 0.6 is 0 Å². The quantitative estimate of drug-likeness (QED) is 0.514. The maximum absolute atomic E-state index is 11.8. The van der Waals surface area contributed by atoms with E-state index < -0.39 is 0 Å². The van der Waals surface area contributed by atoms with E-state index in [1.54, 1.807) is 0 Å². The minimum absolute atomic E-state index is 0.112. The third-order valence-corrected chi connectivity index (χ3v) is 3.79. The van der Waals surface area contributed by atoms with E-state index >= 15 is 0 Å². The van der Waals surface area contributed by atoms with Crippen LogP contribution in [0.2, 0.25) is 0 Å². The summed E-state index contributed by atoms with van der Waals surface area (Å²) < 4.78 is 0. The van der Waals surface area contributed by atoms with Gasteiger partial charge in [0.05, 0.1) is 0 Å². The Morgan fingerprint density at radius 3 is 2.57 bits per heavy atom. The normalized spacial score (nSPS) is 10.8. The first-order valence-corrected chi connectivity index (χ1v) is 7.99. The summed E-state index contributed by atoms with van der Waals surface area (Å²) in [5.41, 5.74) is 7.68. The standard InChI is InChI=1S/C17H29N3O/c1-3-20(4-2)14-8-7-13-19-17(21)12-11-15-9-5-6-10-16(15)18/h5-6,9-10H,3-4,7-8,11-14,18H2,1-2H3,(H,19,21). The van der Waals surface area contributed by atoms with Crippen molar-refractivity contribution in [3.05, 3.63) is 29.8 Å². The van der Waals surface area contributed by atoms with Crippen LogP contribution in [0.3, 0.4) is 0 Å². The summed E-state index contributed by atoms with van der Waals surface area (Å²) in [6.45, 7) is 8.44. The highest BCUT2D eigenvalue weighted by molar-refractivity contribution is 5.76. The van der Waals surface area contributed by atoms with Gasteiger partial charge in [-0.2, -0.15) is 0 Å². The molecule has 118 valence electrons. The molecule has 0 saturated heterocycles. The molecule has 0 atom stereocenters. The van der Waals surface area contributed by atoms with Gasteiger partial charge in [0.2, 0.25) is 5.91 Å². The summed E-state index contributed by atoms with van der Waals surface area (Å²) in [6.07, 6.45) is 3.38. The van der Waals surface area contributed by atoms with E-state index in [1.807, 2.05) is 24.3 Å². The molecule has 0 saturated carbocycles. The van der Waals surface area contributed by atoms with Crippen LogP contribution in [0, 0.1) is 0 Å². The molecular weight excluding hydrogens is 262 g/mol. The molecule has 0 heterocycles. The number of nitrogens with zero attached hydrogens (tertiary/aromatic N) is 1. The third-order valence-electron chi connectivity index (χ3n) is 3.79. The second kappa shape index (κ2) is 10.2. The van der Waals surface area contributed by atoms with Crippen LogP contribution in [-0.4, -0.2) is 37.0 Å². The topological polar surface area (TPSA) is 58.4 Å². The van der Waals surface area contributed by atoms with E-state index in [2.05, 4.69) is 24.1 Å². The van der Waals surface area contributed by atoms with Crippen LogP contribution in [0.25, 0.3) is 0 Å². The summed E-state index contributed by atoms with van der Waals surface area (Å²) in [4.78, 5) is 14.2. The number of nitrogens with one attached hydrogen (secondary N) is 1. The van der Waals surface area contributed by atoms with E-state index in [0.29, 0.717) is 12.8 Å². The summed E-state index contributed by atoms with van der Waals surface area (Å²) in [5.74, 6) is 0.112. The maximum atomic E-state index is 11.8. The molecule has 0 radical (unpaired) electrons. The monoisotopic (exact) mass is 291 g/mol. The number of hydrogen-bond acceptors (Lipinski definition) is 3. The highest BCUT2D eigenvalue weighted by atomic mass is 16.1. The van der Waals surface area contributed by atoms with Gasteiger partial charge in [0, 0.05) is 18.7 Å². The number of anilines is 1. The second-order valence-electron chi connectivity index (χ2n) is 5.28. The van der Waals surface area contributed by atoms with Crippen molar-refractivity contribution in [2.24, 2.45) is 0 Å². The molecule has 1 rings (SSSR count). The van der Waals surface area contributed by atoms with Gasteiger partial charge in [-0.3, -0.25) is 4.79 Å². The van der Waals surface area contributed by atoms with E-state index in [1.165, 1.54) is 0 Å². The molecule has 3 N–H and O–H groups in total. The van der Waals surface area contributed by atoms with Gasteiger partial charge in [0.1, 0.15) is 0 Å². The highest BCUT2D eigenvalue weighted by Crippen LogP contribution is 2.12. The van der Waals surface area contributed by atoms with Gasteiger partial charge in [-0.15, -0.1) is 0 Å². The lowest BCUT2D eigenvalue weighted by Crippen LogP contribution is -2.27. The fraction of sp³-hybridized carbons (Fsp3) is 0.588. The number of nitrogens with two attached hydrogens (primary N) is 1. The largest absolute Gasteiger partial charge is 0.399 e. The van der Waals surface area contributed by atoms with Gasteiger partial charge >= 0.3 is 0 Å². The first-order chi connectivity index (χ1) is 10.2. The van der Waals surface area contributed by atoms with Crippen LogP contribution < -0.4 is 11.1 Å². The lowest BCUT2D eigenvalue weighted by Gasteiger charge is -2.17. The maximum Gasteiger partial charge on any atom is 0.220 e. The number of aryl methyl sites for hydroxylation is 1. The predicted molar refractivity (Wildman–Crippen MR) is 89.2 cm³/mol. The summed E-state index contributed by atoms with van der Waals surface area (Å²) in [7, 11) is 0. The molecule has 21 heavy (non-hydrogen) atoms. The van der Waals surface area contributed by atoms with Crippen LogP contribution in [0.15, 0.2) is 24.3 Å². The fourth-order valence-electron chi connectivity index (χ4n) is 2.33. The number of para-hydroxylation sites is 1. The number of amides is 1. The molecule has 4 nitrogen and oxygen atoms in total. The Labute approximate surface area is 128 Å². The van der Waals surface area contributed by atoms with Crippen LogP contribution in [0.1, 0.15) is 38.7 Å². The Balaban J connectivity index is 2.11. The Morgan fingerprint density at radius 2 is 1.90 bits per heavy atom. The molecule has 1 amide bonds. The number of unbranched alkanes of at least 4 members (excludes halogenated alkanes) is 1. The second-order valence-corrected chi connectivity index (χ2v) is 5.28. The van der Waals surface area contributed by atoms with Crippen molar-refractivity contribution in [3.8, 4) is 0 Å². The van der Waals surface area contributed by atoms with E-state index in [9.17, 15) is 4.79 Å². The van der Waals surface area contributed by atoms with Crippen molar-refractivity contribution < 1.29 is 4.79 Å². The lowest BCUT2D eigenvalue weighted by atomic mass is 10.1. The third kappa shape index (κ3) is 7.14. The average molecular weight is 291 g/mol. The fourth-order valence-corrected chi connectivity index (χ4v) is 2.33. The first-order valence-electron chi connectivity index (χ1n) is 7.99. The Hall–Kier alpha value is -1.55.